The Morgan fingerprint density at radius 2 is 2.05 bits per heavy atom. The van der Waals surface area contributed by atoms with Gasteiger partial charge in [-0.25, -0.2) is 0 Å². The van der Waals surface area contributed by atoms with Gasteiger partial charge in [-0.3, -0.25) is 4.68 Å². The molecule has 3 aromatic rings. The van der Waals surface area contributed by atoms with Crippen molar-refractivity contribution in [3.05, 3.63) is 30.1 Å². The molecule has 4 N–H and O–H groups in total. The van der Waals surface area contributed by atoms with Crippen molar-refractivity contribution in [1.82, 2.24) is 30.0 Å². The number of benzene rings is 1. The smallest absolute Gasteiger partial charge is 0.189 e. The van der Waals surface area contributed by atoms with E-state index in [1.165, 1.54) is 0 Å². The maximum atomic E-state index is 6.03. The van der Waals surface area contributed by atoms with Gasteiger partial charge in [-0.2, -0.15) is 9.78 Å². The molecule has 8 nitrogen and oxygen atoms in total. The second-order valence-electron chi connectivity index (χ2n) is 4.75. The van der Waals surface area contributed by atoms with E-state index in [4.69, 9.17) is 11.5 Å². The number of nitrogens with zero attached hydrogens (tertiary/aromatic N) is 6. The van der Waals surface area contributed by atoms with Crippen molar-refractivity contribution >= 4 is 11.4 Å². The lowest BCUT2D eigenvalue weighted by Crippen LogP contribution is -2.03. The molecule has 0 spiro atoms. The minimum Gasteiger partial charge on any atom is -0.399 e. The summed E-state index contributed by atoms with van der Waals surface area (Å²) in [4.78, 5) is 0. The Hall–Kier alpha value is -2.90. The first-order chi connectivity index (χ1) is 10.1. The molecule has 108 valence electrons. The fourth-order valence-electron chi connectivity index (χ4n) is 2.25. The highest BCUT2D eigenvalue weighted by atomic mass is 15.5. The number of nitrogens with two attached hydrogens (primary N) is 2. The summed E-state index contributed by atoms with van der Waals surface area (Å²) < 4.78 is 3.39. The number of aromatic nitrogens is 6. The quantitative estimate of drug-likeness (QED) is 0.687. The lowest BCUT2D eigenvalue weighted by Gasteiger charge is -2.07. The predicted octanol–water partition coefficient (Wildman–Crippen LogP) is 0.790. The van der Waals surface area contributed by atoms with Crippen LogP contribution >= 0.6 is 0 Å². The summed E-state index contributed by atoms with van der Waals surface area (Å²) in [6.07, 6.45) is 2.67. The summed E-state index contributed by atoms with van der Waals surface area (Å²) in [6, 6.07) is 5.28. The van der Waals surface area contributed by atoms with Crippen LogP contribution in [0.4, 0.5) is 11.4 Å². The van der Waals surface area contributed by atoms with Crippen molar-refractivity contribution in [1.29, 1.82) is 0 Å². The number of anilines is 2. The van der Waals surface area contributed by atoms with Crippen LogP contribution in [0, 0.1) is 0 Å². The first kappa shape index (κ1) is 13.1. The Morgan fingerprint density at radius 3 is 2.76 bits per heavy atom. The van der Waals surface area contributed by atoms with Crippen molar-refractivity contribution in [3.8, 4) is 17.1 Å². The van der Waals surface area contributed by atoms with Gasteiger partial charge in [-0.15, -0.1) is 5.10 Å². The van der Waals surface area contributed by atoms with Crippen molar-refractivity contribution in [2.45, 2.75) is 13.3 Å². The Kier molecular flexibility index (Phi) is 3.05. The molecule has 2 aromatic heterocycles. The van der Waals surface area contributed by atoms with Crippen LogP contribution < -0.4 is 11.5 Å². The van der Waals surface area contributed by atoms with Gasteiger partial charge in [0.25, 0.3) is 0 Å². The molecule has 0 radical (unpaired) electrons. The van der Waals surface area contributed by atoms with Gasteiger partial charge < -0.3 is 11.5 Å². The van der Waals surface area contributed by atoms with Gasteiger partial charge in [0.2, 0.25) is 0 Å². The zero-order valence-electron chi connectivity index (χ0n) is 11.9. The fourth-order valence-corrected chi connectivity index (χ4v) is 2.25. The van der Waals surface area contributed by atoms with E-state index in [0.29, 0.717) is 17.2 Å². The van der Waals surface area contributed by atoms with Crippen LogP contribution in [-0.4, -0.2) is 30.0 Å². The average molecular weight is 284 g/mol. The number of rotatable bonds is 3. The molecule has 0 bridgehead atoms. The maximum Gasteiger partial charge on any atom is 0.189 e. The Labute approximate surface area is 121 Å². The summed E-state index contributed by atoms with van der Waals surface area (Å²) >= 11 is 0. The first-order valence-electron chi connectivity index (χ1n) is 6.56. The molecule has 0 fully saturated rings. The highest BCUT2D eigenvalue weighted by molar-refractivity contribution is 5.75. The minimum atomic E-state index is 0.535. The number of aryl methyl sites for hydroxylation is 2. The number of hydrogen-bond acceptors (Lipinski definition) is 6. The van der Waals surface area contributed by atoms with E-state index in [2.05, 4.69) is 20.6 Å². The van der Waals surface area contributed by atoms with Gasteiger partial charge in [0.15, 0.2) is 5.82 Å². The van der Waals surface area contributed by atoms with Crippen LogP contribution in [0.5, 0.6) is 0 Å². The summed E-state index contributed by atoms with van der Waals surface area (Å²) in [5.41, 5.74) is 15.4. The topological polar surface area (TPSA) is 113 Å². The molecular weight excluding hydrogens is 268 g/mol. The highest BCUT2D eigenvalue weighted by Crippen LogP contribution is 2.27. The van der Waals surface area contributed by atoms with Crippen LogP contribution in [0.15, 0.2) is 24.4 Å². The van der Waals surface area contributed by atoms with E-state index < -0.39 is 0 Å². The molecule has 1 aromatic carbocycles. The Morgan fingerprint density at radius 1 is 1.24 bits per heavy atom. The summed E-state index contributed by atoms with van der Waals surface area (Å²) in [6.45, 7) is 2.04. The van der Waals surface area contributed by atoms with Crippen molar-refractivity contribution in [2.75, 3.05) is 11.5 Å². The van der Waals surface area contributed by atoms with Crippen LogP contribution in [0.1, 0.15) is 12.6 Å². The second kappa shape index (κ2) is 4.89. The number of nitrogen functional groups attached to an aromatic ring is 2. The predicted molar refractivity (Wildman–Crippen MR) is 79.6 cm³/mol. The highest BCUT2D eigenvalue weighted by Gasteiger charge is 2.17. The van der Waals surface area contributed by atoms with E-state index in [1.807, 2.05) is 26.2 Å². The molecule has 0 atom stereocenters. The average Bonchev–Trinajstić information content (AvgIpc) is 3.04. The third kappa shape index (κ3) is 2.20. The molecule has 0 aliphatic carbocycles. The lowest BCUT2D eigenvalue weighted by molar-refractivity contribution is 0.746. The van der Waals surface area contributed by atoms with E-state index in [9.17, 15) is 0 Å². The van der Waals surface area contributed by atoms with Crippen LogP contribution in [0.2, 0.25) is 0 Å². The van der Waals surface area contributed by atoms with E-state index in [1.54, 1.807) is 21.5 Å². The molecular formula is C13H16N8. The third-order valence-electron chi connectivity index (χ3n) is 3.23. The number of hydrogen-bond donors (Lipinski definition) is 2. The minimum absolute atomic E-state index is 0.535. The van der Waals surface area contributed by atoms with Crippen LogP contribution in [0.3, 0.4) is 0 Å². The van der Waals surface area contributed by atoms with Gasteiger partial charge in [0, 0.05) is 24.0 Å². The normalized spacial score (nSPS) is 11.0. The monoisotopic (exact) mass is 284 g/mol. The van der Waals surface area contributed by atoms with Crippen molar-refractivity contribution in [2.24, 2.45) is 7.05 Å². The van der Waals surface area contributed by atoms with E-state index in [0.717, 1.165) is 23.4 Å². The van der Waals surface area contributed by atoms with Crippen molar-refractivity contribution < 1.29 is 0 Å². The molecule has 21 heavy (non-hydrogen) atoms. The summed E-state index contributed by atoms with van der Waals surface area (Å²) in [5.74, 6) is 0.565. The first-order valence-corrected chi connectivity index (χ1v) is 6.56. The van der Waals surface area contributed by atoms with Gasteiger partial charge in [0.1, 0.15) is 5.69 Å². The fraction of sp³-hybridized carbons (Fsp3) is 0.231. The SMILES string of the molecule is CCc1nn(C)cc1-n1nnnc1-c1ccc(N)cc1N. The largest absolute Gasteiger partial charge is 0.399 e. The van der Waals surface area contributed by atoms with Gasteiger partial charge in [-0.1, -0.05) is 6.92 Å². The molecule has 0 amide bonds. The van der Waals surface area contributed by atoms with Crippen molar-refractivity contribution in [3.63, 3.8) is 0 Å². The summed E-state index contributed by atoms with van der Waals surface area (Å²) in [5, 5.41) is 16.3. The molecule has 0 aliphatic heterocycles. The third-order valence-corrected chi connectivity index (χ3v) is 3.23. The van der Waals surface area contributed by atoms with Gasteiger partial charge in [-0.05, 0) is 35.0 Å². The molecule has 3 rings (SSSR count). The zero-order valence-corrected chi connectivity index (χ0v) is 11.9. The maximum absolute atomic E-state index is 6.03. The molecule has 2 heterocycles. The van der Waals surface area contributed by atoms with E-state index in [-0.39, 0.29) is 0 Å². The second-order valence-corrected chi connectivity index (χ2v) is 4.75. The molecule has 0 unspecified atom stereocenters. The van der Waals surface area contributed by atoms with E-state index >= 15 is 0 Å². The Bertz CT molecular complexity index is 785. The van der Waals surface area contributed by atoms with Gasteiger partial charge in [0.05, 0.1) is 11.9 Å². The standard InChI is InChI=1S/C13H16N8/c1-3-11-12(7-20(2)17-11)21-13(16-18-19-21)9-5-4-8(14)6-10(9)15/h4-7H,3,14-15H2,1-2H3. The lowest BCUT2D eigenvalue weighted by atomic mass is 10.1. The Balaban J connectivity index is 2.17. The molecule has 0 saturated carbocycles. The molecule has 0 saturated heterocycles. The van der Waals surface area contributed by atoms with Crippen LogP contribution in [-0.2, 0) is 13.5 Å². The van der Waals surface area contributed by atoms with Crippen LogP contribution in [0.25, 0.3) is 17.1 Å². The zero-order chi connectivity index (χ0) is 15.0. The molecule has 0 aliphatic rings. The van der Waals surface area contributed by atoms with Gasteiger partial charge >= 0.3 is 0 Å². The number of tetrazole rings is 1. The summed E-state index contributed by atoms with van der Waals surface area (Å²) in [7, 11) is 1.87. The molecule has 8 heteroatoms.